The largest absolute Gasteiger partial charge is 0.368 e. The van der Waals surface area contributed by atoms with Gasteiger partial charge in [-0.25, -0.2) is 14.4 Å². The van der Waals surface area contributed by atoms with E-state index >= 15 is 0 Å². The van der Waals surface area contributed by atoms with E-state index in [1.165, 1.54) is 24.3 Å². The number of nitro groups is 1. The molecule has 0 bridgehead atoms. The monoisotopic (exact) mass is 234 g/mol. The molecule has 0 amide bonds. The third-order valence-corrected chi connectivity index (χ3v) is 2.10. The van der Waals surface area contributed by atoms with E-state index in [9.17, 15) is 14.5 Å². The molecule has 2 N–H and O–H groups in total. The first-order chi connectivity index (χ1) is 8.08. The lowest BCUT2D eigenvalue weighted by molar-refractivity contribution is -0.384. The maximum absolute atomic E-state index is 12.7. The number of benzene rings is 1. The maximum atomic E-state index is 12.7. The van der Waals surface area contributed by atoms with Gasteiger partial charge in [0.2, 0.25) is 5.95 Å². The topological polar surface area (TPSA) is 94.9 Å². The predicted octanol–water partition coefficient (Wildman–Crippen LogP) is 1.77. The highest BCUT2D eigenvalue weighted by molar-refractivity contribution is 5.69. The van der Waals surface area contributed by atoms with Gasteiger partial charge in [-0.2, -0.15) is 0 Å². The third-order valence-electron chi connectivity index (χ3n) is 2.10. The molecule has 86 valence electrons. The summed E-state index contributed by atoms with van der Waals surface area (Å²) in [5, 5.41) is 10.8. The molecular weight excluding hydrogens is 227 g/mol. The zero-order chi connectivity index (χ0) is 12.4. The summed E-state index contributed by atoms with van der Waals surface area (Å²) in [5.74, 6) is -0.506. The van der Waals surface area contributed by atoms with Gasteiger partial charge in [-0.3, -0.25) is 10.1 Å². The van der Waals surface area contributed by atoms with Gasteiger partial charge in [0.25, 0.3) is 0 Å². The summed E-state index contributed by atoms with van der Waals surface area (Å²) >= 11 is 0. The van der Waals surface area contributed by atoms with Gasteiger partial charge in [-0.05, 0) is 24.3 Å². The highest BCUT2D eigenvalue weighted by Gasteiger charge is 2.18. The van der Waals surface area contributed by atoms with Crippen LogP contribution in [0.25, 0.3) is 11.3 Å². The second-order valence-corrected chi connectivity index (χ2v) is 3.23. The molecule has 7 heteroatoms. The van der Waals surface area contributed by atoms with Gasteiger partial charge in [-0.15, -0.1) is 0 Å². The van der Waals surface area contributed by atoms with Crippen LogP contribution in [0.2, 0.25) is 0 Å². The minimum Gasteiger partial charge on any atom is -0.368 e. The van der Waals surface area contributed by atoms with E-state index in [1.807, 2.05) is 0 Å². The number of nitrogens with two attached hydrogens (primary N) is 1. The molecule has 2 aromatic rings. The lowest BCUT2D eigenvalue weighted by Crippen LogP contribution is -2.01. The van der Waals surface area contributed by atoms with Crippen molar-refractivity contribution in [1.29, 1.82) is 0 Å². The van der Waals surface area contributed by atoms with Crippen molar-refractivity contribution < 1.29 is 9.31 Å². The Hall–Kier alpha value is -2.57. The number of nitrogens with zero attached hydrogens (tertiary/aromatic N) is 3. The summed E-state index contributed by atoms with van der Waals surface area (Å²) in [6.07, 6.45) is 1.03. The van der Waals surface area contributed by atoms with E-state index in [0.717, 1.165) is 6.20 Å². The van der Waals surface area contributed by atoms with Crippen LogP contribution in [0.3, 0.4) is 0 Å². The molecule has 0 aliphatic rings. The van der Waals surface area contributed by atoms with Gasteiger partial charge in [0, 0.05) is 5.56 Å². The molecule has 0 atom stereocenters. The minimum absolute atomic E-state index is 0.0718. The number of hydrogen-bond donors (Lipinski definition) is 1. The summed E-state index contributed by atoms with van der Waals surface area (Å²) in [6.45, 7) is 0. The highest BCUT2D eigenvalue weighted by atomic mass is 19.1. The van der Waals surface area contributed by atoms with E-state index in [0.29, 0.717) is 5.56 Å². The minimum atomic E-state index is -0.613. The second-order valence-electron chi connectivity index (χ2n) is 3.23. The van der Waals surface area contributed by atoms with Crippen molar-refractivity contribution >= 4 is 11.6 Å². The predicted molar refractivity (Wildman–Crippen MR) is 58.5 cm³/mol. The number of halogens is 1. The fraction of sp³-hybridized carbons (Fsp3) is 0. The van der Waals surface area contributed by atoms with Crippen molar-refractivity contribution in [3.05, 3.63) is 46.4 Å². The third kappa shape index (κ3) is 2.17. The zero-order valence-corrected chi connectivity index (χ0v) is 8.50. The summed E-state index contributed by atoms with van der Waals surface area (Å²) in [6, 6.07) is 5.17. The Morgan fingerprint density at radius 1 is 1.29 bits per heavy atom. The fourth-order valence-electron chi connectivity index (χ4n) is 1.34. The van der Waals surface area contributed by atoms with E-state index in [1.54, 1.807) is 0 Å². The van der Waals surface area contributed by atoms with Gasteiger partial charge in [0.15, 0.2) is 5.69 Å². The Morgan fingerprint density at radius 2 is 1.94 bits per heavy atom. The molecule has 2 rings (SSSR count). The van der Waals surface area contributed by atoms with Crippen molar-refractivity contribution in [3.8, 4) is 11.3 Å². The molecule has 0 saturated heterocycles. The smallest absolute Gasteiger partial charge is 0.313 e. The Morgan fingerprint density at radius 3 is 2.53 bits per heavy atom. The normalized spacial score (nSPS) is 10.2. The van der Waals surface area contributed by atoms with Crippen molar-refractivity contribution in [2.75, 3.05) is 5.73 Å². The average molecular weight is 234 g/mol. The molecule has 1 heterocycles. The fourth-order valence-corrected chi connectivity index (χ4v) is 1.34. The number of hydrogen-bond acceptors (Lipinski definition) is 5. The summed E-state index contributed by atoms with van der Waals surface area (Å²) in [7, 11) is 0. The Kier molecular flexibility index (Phi) is 2.65. The number of aromatic nitrogens is 2. The summed E-state index contributed by atoms with van der Waals surface area (Å²) < 4.78 is 12.7. The zero-order valence-electron chi connectivity index (χ0n) is 8.50. The molecule has 1 aromatic heterocycles. The Labute approximate surface area is 95.1 Å². The first-order valence-electron chi connectivity index (χ1n) is 4.61. The highest BCUT2D eigenvalue weighted by Crippen LogP contribution is 2.27. The van der Waals surface area contributed by atoms with Crippen LogP contribution >= 0.6 is 0 Å². The number of rotatable bonds is 2. The lowest BCUT2D eigenvalue weighted by atomic mass is 10.1. The molecular formula is C10H7FN4O2. The first-order valence-corrected chi connectivity index (χ1v) is 4.61. The molecule has 0 fully saturated rings. The maximum Gasteiger partial charge on any atom is 0.313 e. The molecule has 0 aliphatic heterocycles. The number of nitrogen functional groups attached to an aromatic ring is 1. The van der Waals surface area contributed by atoms with Crippen LogP contribution in [-0.4, -0.2) is 14.9 Å². The Bertz CT molecular complexity index is 571. The quantitative estimate of drug-likeness (QED) is 0.631. The van der Waals surface area contributed by atoms with Gasteiger partial charge >= 0.3 is 5.69 Å². The van der Waals surface area contributed by atoms with Crippen molar-refractivity contribution in [3.63, 3.8) is 0 Å². The molecule has 6 nitrogen and oxygen atoms in total. The van der Waals surface area contributed by atoms with Crippen LogP contribution in [0.15, 0.2) is 30.5 Å². The van der Waals surface area contributed by atoms with Crippen LogP contribution in [0.4, 0.5) is 16.0 Å². The van der Waals surface area contributed by atoms with Gasteiger partial charge < -0.3 is 5.73 Å². The molecule has 0 unspecified atom stereocenters. The van der Waals surface area contributed by atoms with Crippen molar-refractivity contribution in [2.24, 2.45) is 0 Å². The van der Waals surface area contributed by atoms with Crippen molar-refractivity contribution in [1.82, 2.24) is 9.97 Å². The SMILES string of the molecule is Nc1ncc([N+](=O)[O-])c(-c2ccc(F)cc2)n1. The standard InChI is InChI=1S/C10H7FN4O2/c11-7-3-1-6(2-4-7)9-8(15(16)17)5-13-10(12)14-9/h1-5H,(H2,12,13,14). The van der Waals surface area contributed by atoms with E-state index in [4.69, 9.17) is 5.73 Å². The van der Waals surface area contributed by atoms with E-state index < -0.39 is 10.7 Å². The molecule has 1 aromatic carbocycles. The van der Waals surface area contributed by atoms with Crippen molar-refractivity contribution in [2.45, 2.75) is 0 Å². The molecule has 0 aliphatic carbocycles. The molecule has 17 heavy (non-hydrogen) atoms. The van der Waals surface area contributed by atoms with Crippen LogP contribution < -0.4 is 5.73 Å². The van der Waals surface area contributed by atoms with Crippen LogP contribution in [-0.2, 0) is 0 Å². The van der Waals surface area contributed by atoms with Gasteiger partial charge in [0.1, 0.15) is 12.0 Å². The molecule has 0 saturated carbocycles. The van der Waals surface area contributed by atoms with Crippen LogP contribution in [0, 0.1) is 15.9 Å². The molecule has 0 radical (unpaired) electrons. The first kappa shape index (κ1) is 10.9. The van der Waals surface area contributed by atoms with E-state index in [-0.39, 0.29) is 17.3 Å². The summed E-state index contributed by atoms with van der Waals surface area (Å²) in [4.78, 5) is 17.5. The average Bonchev–Trinajstić information content (AvgIpc) is 2.29. The lowest BCUT2D eigenvalue weighted by Gasteiger charge is -2.02. The number of anilines is 1. The van der Waals surface area contributed by atoms with Gasteiger partial charge in [0.05, 0.1) is 4.92 Å². The van der Waals surface area contributed by atoms with Crippen LogP contribution in [0.1, 0.15) is 0 Å². The second kappa shape index (κ2) is 4.12. The summed E-state index contributed by atoms with van der Waals surface area (Å²) in [5.41, 5.74) is 5.58. The molecule has 0 spiro atoms. The Balaban J connectivity index is 2.60. The van der Waals surface area contributed by atoms with Gasteiger partial charge in [-0.1, -0.05) is 0 Å². The van der Waals surface area contributed by atoms with E-state index in [2.05, 4.69) is 9.97 Å². The van der Waals surface area contributed by atoms with Crippen LogP contribution in [0.5, 0.6) is 0 Å².